The largest absolute Gasteiger partial charge is 0.497 e. The summed E-state index contributed by atoms with van der Waals surface area (Å²) in [7, 11) is 1.68. The third-order valence-electron chi connectivity index (χ3n) is 5.08. The molecule has 1 aliphatic rings. The molecule has 5 heteroatoms. The van der Waals surface area contributed by atoms with E-state index >= 15 is 0 Å². The molecule has 144 valence electrons. The summed E-state index contributed by atoms with van der Waals surface area (Å²) in [6, 6.07) is 18.8. The van der Waals surface area contributed by atoms with E-state index in [1.807, 2.05) is 19.1 Å². The van der Waals surface area contributed by atoms with Gasteiger partial charge in [0.15, 0.2) is 0 Å². The second-order valence-corrected chi connectivity index (χ2v) is 7.10. The SMILES string of the molecule is COc1ccc(CCNc2nc(C)cc(N3CCCc4ccccc43)n2)cc1. The van der Waals surface area contributed by atoms with Crippen molar-refractivity contribution >= 4 is 17.5 Å². The van der Waals surface area contributed by atoms with Crippen LogP contribution in [0.3, 0.4) is 0 Å². The van der Waals surface area contributed by atoms with Crippen LogP contribution in [-0.2, 0) is 12.8 Å². The molecule has 1 aliphatic heterocycles. The van der Waals surface area contributed by atoms with E-state index in [-0.39, 0.29) is 0 Å². The van der Waals surface area contributed by atoms with Crippen LogP contribution in [0.25, 0.3) is 0 Å². The van der Waals surface area contributed by atoms with Crippen LogP contribution in [0, 0.1) is 6.92 Å². The molecule has 2 heterocycles. The van der Waals surface area contributed by atoms with Crippen molar-refractivity contribution in [1.82, 2.24) is 9.97 Å². The summed E-state index contributed by atoms with van der Waals surface area (Å²) < 4.78 is 5.21. The van der Waals surface area contributed by atoms with E-state index in [0.717, 1.165) is 49.6 Å². The molecule has 0 saturated heterocycles. The van der Waals surface area contributed by atoms with Gasteiger partial charge in [0.1, 0.15) is 11.6 Å². The fraction of sp³-hybridized carbons (Fsp3) is 0.304. The summed E-state index contributed by atoms with van der Waals surface area (Å²) in [5.41, 5.74) is 4.88. The highest BCUT2D eigenvalue weighted by atomic mass is 16.5. The summed E-state index contributed by atoms with van der Waals surface area (Å²) >= 11 is 0. The minimum Gasteiger partial charge on any atom is -0.497 e. The van der Waals surface area contributed by atoms with Gasteiger partial charge in [0, 0.05) is 30.5 Å². The lowest BCUT2D eigenvalue weighted by molar-refractivity contribution is 0.414. The Labute approximate surface area is 166 Å². The molecule has 4 rings (SSSR count). The Morgan fingerprint density at radius 2 is 1.89 bits per heavy atom. The van der Waals surface area contributed by atoms with Crippen LogP contribution >= 0.6 is 0 Å². The number of methoxy groups -OCH3 is 1. The molecule has 1 N–H and O–H groups in total. The van der Waals surface area contributed by atoms with Crippen LogP contribution in [0.5, 0.6) is 5.75 Å². The molecule has 0 fully saturated rings. The molecule has 0 bridgehead atoms. The Hall–Kier alpha value is -3.08. The topological polar surface area (TPSA) is 50.3 Å². The lowest BCUT2D eigenvalue weighted by atomic mass is 10.0. The van der Waals surface area contributed by atoms with Gasteiger partial charge in [-0.15, -0.1) is 0 Å². The van der Waals surface area contributed by atoms with Crippen LogP contribution in [0.4, 0.5) is 17.5 Å². The van der Waals surface area contributed by atoms with Crippen LogP contribution in [0.1, 0.15) is 23.2 Å². The minimum absolute atomic E-state index is 0.687. The zero-order valence-electron chi connectivity index (χ0n) is 16.5. The van der Waals surface area contributed by atoms with Crippen molar-refractivity contribution in [2.24, 2.45) is 0 Å². The Morgan fingerprint density at radius 3 is 2.71 bits per heavy atom. The molecule has 0 amide bonds. The Kier molecular flexibility index (Phi) is 5.42. The smallest absolute Gasteiger partial charge is 0.224 e. The molecule has 1 aromatic heterocycles. The fourth-order valence-electron chi connectivity index (χ4n) is 3.65. The maximum absolute atomic E-state index is 5.21. The Morgan fingerprint density at radius 1 is 1.07 bits per heavy atom. The van der Waals surface area contributed by atoms with E-state index in [1.54, 1.807) is 7.11 Å². The summed E-state index contributed by atoms with van der Waals surface area (Å²) in [6.45, 7) is 3.79. The number of hydrogen-bond acceptors (Lipinski definition) is 5. The van der Waals surface area contributed by atoms with Gasteiger partial charge in [-0.3, -0.25) is 0 Å². The van der Waals surface area contributed by atoms with Crippen LogP contribution < -0.4 is 15.0 Å². The monoisotopic (exact) mass is 374 g/mol. The third kappa shape index (κ3) is 4.09. The first-order valence-electron chi connectivity index (χ1n) is 9.81. The summed E-state index contributed by atoms with van der Waals surface area (Å²) in [5.74, 6) is 2.53. The van der Waals surface area contributed by atoms with Crippen molar-refractivity contribution in [3.63, 3.8) is 0 Å². The molecule has 5 nitrogen and oxygen atoms in total. The van der Waals surface area contributed by atoms with E-state index in [4.69, 9.17) is 9.72 Å². The van der Waals surface area contributed by atoms with Gasteiger partial charge in [-0.05, 0) is 55.5 Å². The summed E-state index contributed by atoms with van der Waals surface area (Å²) in [6.07, 6.45) is 3.17. The van der Waals surface area contributed by atoms with Crippen molar-refractivity contribution in [3.8, 4) is 5.75 Å². The van der Waals surface area contributed by atoms with Crippen LogP contribution in [0.15, 0.2) is 54.6 Å². The number of rotatable bonds is 6. The molecule has 0 aliphatic carbocycles. The first-order chi connectivity index (χ1) is 13.7. The van der Waals surface area contributed by atoms with E-state index in [0.29, 0.717) is 5.95 Å². The van der Waals surface area contributed by atoms with Crippen molar-refractivity contribution in [2.75, 3.05) is 30.4 Å². The first-order valence-corrected chi connectivity index (χ1v) is 9.81. The fourth-order valence-corrected chi connectivity index (χ4v) is 3.65. The number of benzene rings is 2. The first kappa shape index (κ1) is 18.3. The number of aryl methyl sites for hydroxylation is 2. The number of aromatic nitrogens is 2. The van der Waals surface area contributed by atoms with Crippen LogP contribution in [0.2, 0.25) is 0 Å². The molecule has 0 radical (unpaired) electrons. The number of anilines is 3. The van der Waals surface area contributed by atoms with E-state index in [1.165, 1.54) is 16.8 Å². The Balaban J connectivity index is 1.47. The van der Waals surface area contributed by atoms with E-state index < -0.39 is 0 Å². The number of fused-ring (bicyclic) bond motifs is 1. The molecular formula is C23H26N4O. The van der Waals surface area contributed by atoms with Gasteiger partial charge in [-0.2, -0.15) is 4.98 Å². The second-order valence-electron chi connectivity index (χ2n) is 7.10. The zero-order chi connectivity index (χ0) is 19.3. The van der Waals surface area contributed by atoms with Gasteiger partial charge in [0.05, 0.1) is 7.11 Å². The molecule has 2 aromatic carbocycles. The molecule has 0 unspecified atom stereocenters. The van der Waals surface area contributed by atoms with Crippen molar-refractivity contribution in [3.05, 3.63) is 71.4 Å². The number of nitrogens with zero attached hydrogens (tertiary/aromatic N) is 3. The number of para-hydroxylation sites is 1. The minimum atomic E-state index is 0.687. The number of nitrogens with one attached hydrogen (secondary N) is 1. The summed E-state index contributed by atoms with van der Waals surface area (Å²) in [5, 5.41) is 3.39. The average molecular weight is 374 g/mol. The van der Waals surface area contributed by atoms with Crippen LogP contribution in [-0.4, -0.2) is 30.2 Å². The molecular weight excluding hydrogens is 348 g/mol. The number of hydrogen-bond donors (Lipinski definition) is 1. The van der Waals surface area contributed by atoms with Gasteiger partial charge in [0.2, 0.25) is 5.95 Å². The molecule has 28 heavy (non-hydrogen) atoms. The zero-order valence-corrected chi connectivity index (χ0v) is 16.5. The second kappa shape index (κ2) is 8.30. The highest BCUT2D eigenvalue weighted by Crippen LogP contribution is 2.32. The van der Waals surface area contributed by atoms with Crippen molar-refractivity contribution < 1.29 is 4.74 Å². The maximum Gasteiger partial charge on any atom is 0.224 e. The highest BCUT2D eigenvalue weighted by Gasteiger charge is 2.19. The standard InChI is InChI=1S/C23H26N4O/c1-17-16-22(27-15-5-7-19-6-3-4-8-21(19)27)26-23(25-17)24-14-13-18-9-11-20(28-2)12-10-18/h3-4,6,8-12,16H,5,7,13-15H2,1-2H3,(H,24,25,26). The maximum atomic E-state index is 5.21. The van der Waals surface area contributed by atoms with E-state index in [9.17, 15) is 0 Å². The average Bonchev–Trinajstić information content (AvgIpc) is 2.73. The van der Waals surface area contributed by atoms with Gasteiger partial charge in [-0.1, -0.05) is 30.3 Å². The normalized spacial score (nSPS) is 13.1. The molecule has 3 aromatic rings. The predicted molar refractivity (Wildman–Crippen MR) is 114 cm³/mol. The lowest BCUT2D eigenvalue weighted by Gasteiger charge is -2.30. The van der Waals surface area contributed by atoms with Gasteiger partial charge in [0.25, 0.3) is 0 Å². The van der Waals surface area contributed by atoms with Gasteiger partial charge in [-0.25, -0.2) is 4.98 Å². The number of ether oxygens (including phenoxy) is 1. The molecule has 0 atom stereocenters. The molecule has 0 saturated carbocycles. The quantitative estimate of drug-likeness (QED) is 0.687. The lowest BCUT2D eigenvalue weighted by Crippen LogP contribution is -2.26. The van der Waals surface area contributed by atoms with Crippen molar-refractivity contribution in [2.45, 2.75) is 26.2 Å². The van der Waals surface area contributed by atoms with E-state index in [2.05, 4.69) is 57.7 Å². The predicted octanol–water partition coefficient (Wildman–Crippen LogP) is 4.53. The highest BCUT2D eigenvalue weighted by molar-refractivity contribution is 5.66. The summed E-state index contributed by atoms with van der Waals surface area (Å²) in [4.78, 5) is 11.7. The Bertz CT molecular complexity index is 940. The molecule has 0 spiro atoms. The third-order valence-corrected chi connectivity index (χ3v) is 5.08. The van der Waals surface area contributed by atoms with Gasteiger partial charge < -0.3 is 15.0 Å². The van der Waals surface area contributed by atoms with Crippen molar-refractivity contribution in [1.29, 1.82) is 0 Å². The van der Waals surface area contributed by atoms with Gasteiger partial charge >= 0.3 is 0 Å².